The molecule has 2 unspecified atom stereocenters. The predicted octanol–water partition coefficient (Wildman–Crippen LogP) is 2.15. The van der Waals surface area contributed by atoms with Crippen molar-refractivity contribution in [1.82, 2.24) is 0 Å². The van der Waals surface area contributed by atoms with E-state index < -0.39 is 23.6 Å². The van der Waals surface area contributed by atoms with Gasteiger partial charge in [0, 0.05) is 0 Å². The molecular formula is C12H14F2O3. The fraction of sp³-hybridized carbons (Fsp3) is 0.417. The van der Waals surface area contributed by atoms with Crippen molar-refractivity contribution in [1.29, 1.82) is 0 Å². The number of ether oxygens (including phenoxy) is 1. The van der Waals surface area contributed by atoms with E-state index in [-0.39, 0.29) is 12.2 Å². The van der Waals surface area contributed by atoms with E-state index in [1.165, 1.54) is 19.1 Å². The Morgan fingerprint density at radius 1 is 1.47 bits per heavy atom. The fourth-order valence-corrected chi connectivity index (χ4v) is 1.34. The zero-order chi connectivity index (χ0) is 13.1. The summed E-state index contributed by atoms with van der Waals surface area (Å²) in [7, 11) is 0. The Bertz CT molecular complexity index is 387. The van der Waals surface area contributed by atoms with E-state index in [9.17, 15) is 18.7 Å². The van der Waals surface area contributed by atoms with E-state index in [2.05, 4.69) is 4.74 Å². The van der Waals surface area contributed by atoms with Crippen LogP contribution in [0.1, 0.15) is 25.5 Å². The number of hydrogen-bond acceptors (Lipinski definition) is 3. The molecule has 1 aromatic carbocycles. The van der Waals surface area contributed by atoms with Crippen LogP contribution >= 0.6 is 0 Å². The van der Waals surface area contributed by atoms with Gasteiger partial charge in [-0.15, -0.1) is 0 Å². The van der Waals surface area contributed by atoms with E-state index in [1.807, 2.05) is 0 Å². The Hall–Kier alpha value is -1.49. The normalized spacial score (nSPS) is 16.1. The van der Waals surface area contributed by atoms with Gasteiger partial charge in [0.1, 0.15) is 11.9 Å². The first-order valence-electron chi connectivity index (χ1n) is 5.19. The maximum atomic E-state index is 14.0. The summed E-state index contributed by atoms with van der Waals surface area (Å²) in [4.78, 5) is 11.3. The van der Waals surface area contributed by atoms with Gasteiger partial charge in [0.05, 0.1) is 6.61 Å². The highest BCUT2D eigenvalue weighted by Crippen LogP contribution is 2.30. The quantitative estimate of drug-likeness (QED) is 0.825. The average molecular weight is 244 g/mol. The smallest absolute Gasteiger partial charge is 0.346 e. The molecular weight excluding hydrogens is 230 g/mol. The van der Waals surface area contributed by atoms with Crippen LogP contribution in [0.5, 0.6) is 0 Å². The van der Waals surface area contributed by atoms with Crippen molar-refractivity contribution in [3.8, 4) is 0 Å². The summed E-state index contributed by atoms with van der Waals surface area (Å²) < 4.78 is 31.2. The lowest BCUT2D eigenvalue weighted by atomic mass is 9.94. The number of aliphatic hydroxyl groups is 1. The van der Waals surface area contributed by atoms with Gasteiger partial charge in [-0.05, 0) is 31.5 Å². The van der Waals surface area contributed by atoms with E-state index in [1.54, 1.807) is 0 Å². The Balaban J connectivity index is 2.91. The SMILES string of the molecule is CCOC(=O)C(C)(F)C(O)c1ccc(F)cc1. The van der Waals surface area contributed by atoms with Crippen LogP contribution in [0.4, 0.5) is 8.78 Å². The first-order chi connectivity index (χ1) is 7.89. The van der Waals surface area contributed by atoms with Crippen molar-refractivity contribution in [2.24, 2.45) is 0 Å². The number of hydrogen-bond donors (Lipinski definition) is 1. The summed E-state index contributed by atoms with van der Waals surface area (Å²) in [6.07, 6.45) is -1.69. The van der Waals surface area contributed by atoms with Gasteiger partial charge in [-0.2, -0.15) is 0 Å². The molecule has 17 heavy (non-hydrogen) atoms. The first-order valence-corrected chi connectivity index (χ1v) is 5.19. The minimum Gasteiger partial charge on any atom is -0.464 e. The predicted molar refractivity (Wildman–Crippen MR) is 57.5 cm³/mol. The summed E-state index contributed by atoms with van der Waals surface area (Å²) in [6, 6.07) is 4.60. The Labute approximate surface area is 98.0 Å². The van der Waals surface area contributed by atoms with Crippen LogP contribution < -0.4 is 0 Å². The minimum atomic E-state index is -2.56. The van der Waals surface area contributed by atoms with Crippen molar-refractivity contribution in [3.05, 3.63) is 35.6 Å². The third kappa shape index (κ3) is 3.00. The van der Waals surface area contributed by atoms with Crippen molar-refractivity contribution >= 4 is 5.97 Å². The zero-order valence-corrected chi connectivity index (χ0v) is 9.61. The fourth-order valence-electron chi connectivity index (χ4n) is 1.34. The minimum absolute atomic E-state index is 0.0223. The molecule has 94 valence electrons. The van der Waals surface area contributed by atoms with Gasteiger partial charge in [0.15, 0.2) is 0 Å². The highest BCUT2D eigenvalue weighted by molar-refractivity contribution is 5.80. The number of carbonyl (C=O) groups is 1. The summed E-state index contributed by atoms with van der Waals surface area (Å²) >= 11 is 0. The molecule has 0 bridgehead atoms. The molecule has 1 N–H and O–H groups in total. The Morgan fingerprint density at radius 3 is 2.47 bits per heavy atom. The molecule has 0 aliphatic carbocycles. The second kappa shape index (κ2) is 5.23. The van der Waals surface area contributed by atoms with Crippen LogP contribution in [-0.2, 0) is 9.53 Å². The molecule has 0 saturated heterocycles. The van der Waals surface area contributed by atoms with E-state index in [0.717, 1.165) is 19.1 Å². The molecule has 0 radical (unpaired) electrons. The lowest BCUT2D eigenvalue weighted by molar-refractivity contribution is -0.164. The number of carbonyl (C=O) groups excluding carboxylic acids is 1. The molecule has 0 heterocycles. The summed E-state index contributed by atoms with van der Waals surface area (Å²) in [5.74, 6) is -1.64. The van der Waals surface area contributed by atoms with Gasteiger partial charge in [0.2, 0.25) is 5.67 Å². The summed E-state index contributed by atoms with van der Waals surface area (Å²) in [6.45, 7) is 2.49. The van der Waals surface area contributed by atoms with E-state index >= 15 is 0 Å². The molecule has 0 fully saturated rings. The number of esters is 1. The standard InChI is InChI=1S/C12H14F2O3/c1-3-17-11(16)12(2,14)10(15)8-4-6-9(13)7-5-8/h4-7,10,15H,3H2,1-2H3. The van der Waals surface area contributed by atoms with Crippen molar-refractivity contribution in [2.45, 2.75) is 25.6 Å². The van der Waals surface area contributed by atoms with Crippen LogP contribution in [0, 0.1) is 5.82 Å². The average Bonchev–Trinajstić information content (AvgIpc) is 2.29. The molecule has 0 aliphatic heterocycles. The molecule has 1 rings (SSSR count). The number of halogens is 2. The van der Waals surface area contributed by atoms with Crippen LogP contribution in [-0.4, -0.2) is 23.4 Å². The third-order valence-electron chi connectivity index (χ3n) is 2.37. The van der Waals surface area contributed by atoms with E-state index in [0.29, 0.717) is 0 Å². The van der Waals surface area contributed by atoms with Crippen LogP contribution in [0.25, 0.3) is 0 Å². The van der Waals surface area contributed by atoms with E-state index in [4.69, 9.17) is 0 Å². The molecule has 0 aromatic heterocycles. The van der Waals surface area contributed by atoms with Crippen molar-refractivity contribution in [3.63, 3.8) is 0 Å². The second-order valence-corrected chi connectivity index (χ2v) is 3.75. The zero-order valence-electron chi connectivity index (χ0n) is 9.61. The lowest BCUT2D eigenvalue weighted by Gasteiger charge is -2.24. The maximum Gasteiger partial charge on any atom is 0.346 e. The number of aliphatic hydroxyl groups excluding tert-OH is 1. The lowest BCUT2D eigenvalue weighted by Crippen LogP contribution is -2.38. The monoisotopic (exact) mass is 244 g/mol. The molecule has 0 saturated carbocycles. The Kier molecular flexibility index (Phi) is 4.17. The highest BCUT2D eigenvalue weighted by Gasteiger charge is 2.43. The van der Waals surface area contributed by atoms with Gasteiger partial charge in [-0.1, -0.05) is 12.1 Å². The maximum absolute atomic E-state index is 14.0. The topological polar surface area (TPSA) is 46.5 Å². The highest BCUT2D eigenvalue weighted by atomic mass is 19.1. The second-order valence-electron chi connectivity index (χ2n) is 3.75. The third-order valence-corrected chi connectivity index (χ3v) is 2.37. The molecule has 0 aliphatic rings. The van der Waals surface area contributed by atoms with Gasteiger partial charge < -0.3 is 9.84 Å². The molecule has 0 amide bonds. The van der Waals surface area contributed by atoms with Gasteiger partial charge in [-0.25, -0.2) is 13.6 Å². The summed E-state index contributed by atoms with van der Waals surface area (Å²) in [5.41, 5.74) is -2.45. The largest absolute Gasteiger partial charge is 0.464 e. The van der Waals surface area contributed by atoms with Gasteiger partial charge in [-0.3, -0.25) is 0 Å². The van der Waals surface area contributed by atoms with Gasteiger partial charge in [0.25, 0.3) is 0 Å². The Morgan fingerprint density at radius 2 is 2.00 bits per heavy atom. The molecule has 5 heteroatoms. The number of benzene rings is 1. The summed E-state index contributed by atoms with van der Waals surface area (Å²) in [5, 5.41) is 9.74. The molecule has 3 nitrogen and oxygen atoms in total. The van der Waals surface area contributed by atoms with Gasteiger partial charge >= 0.3 is 5.97 Å². The van der Waals surface area contributed by atoms with Crippen molar-refractivity contribution < 1.29 is 23.4 Å². The molecule has 1 aromatic rings. The molecule has 2 atom stereocenters. The first kappa shape index (κ1) is 13.6. The van der Waals surface area contributed by atoms with Crippen LogP contribution in [0.15, 0.2) is 24.3 Å². The van der Waals surface area contributed by atoms with Crippen LogP contribution in [0.2, 0.25) is 0 Å². The molecule has 0 spiro atoms. The van der Waals surface area contributed by atoms with Crippen LogP contribution in [0.3, 0.4) is 0 Å². The number of rotatable bonds is 4. The van der Waals surface area contributed by atoms with Crippen molar-refractivity contribution in [2.75, 3.05) is 6.61 Å². The number of alkyl halides is 1.